The lowest BCUT2D eigenvalue weighted by atomic mass is 9.94. The molecule has 148 valence electrons. The molecule has 6 heteroatoms. The van der Waals surface area contributed by atoms with Gasteiger partial charge in [0.25, 0.3) is 0 Å². The van der Waals surface area contributed by atoms with E-state index in [1.54, 1.807) is 12.0 Å². The van der Waals surface area contributed by atoms with Crippen molar-refractivity contribution in [3.63, 3.8) is 0 Å². The number of amides is 2. The fourth-order valence-corrected chi connectivity index (χ4v) is 3.87. The van der Waals surface area contributed by atoms with Crippen molar-refractivity contribution in [1.82, 2.24) is 9.80 Å². The normalized spacial score (nSPS) is 21.4. The number of aryl methyl sites for hydroxylation is 1. The van der Waals surface area contributed by atoms with E-state index in [4.69, 9.17) is 9.47 Å². The zero-order valence-corrected chi connectivity index (χ0v) is 16.4. The number of methoxy groups -OCH3 is 1. The number of rotatable bonds is 6. The minimum absolute atomic E-state index is 0.0891. The Bertz CT molecular complexity index is 655. The minimum Gasteiger partial charge on any atom is -0.490 e. The highest BCUT2D eigenvalue weighted by Gasteiger charge is 2.34. The van der Waals surface area contributed by atoms with Gasteiger partial charge in [0, 0.05) is 52.6 Å². The Kier molecular flexibility index (Phi) is 6.72. The first kappa shape index (κ1) is 19.7. The van der Waals surface area contributed by atoms with E-state index in [1.807, 2.05) is 23.1 Å². The summed E-state index contributed by atoms with van der Waals surface area (Å²) in [6.45, 7) is 5.08. The summed E-state index contributed by atoms with van der Waals surface area (Å²) in [4.78, 5) is 28.6. The van der Waals surface area contributed by atoms with Crippen LogP contribution in [-0.4, -0.2) is 67.6 Å². The van der Waals surface area contributed by atoms with Gasteiger partial charge in [0.1, 0.15) is 11.9 Å². The van der Waals surface area contributed by atoms with Crippen LogP contribution in [0.25, 0.3) is 0 Å². The van der Waals surface area contributed by atoms with Crippen molar-refractivity contribution < 1.29 is 19.1 Å². The topological polar surface area (TPSA) is 59.1 Å². The Morgan fingerprint density at radius 2 is 2.00 bits per heavy atom. The highest BCUT2D eigenvalue weighted by molar-refractivity contribution is 5.84. The SMILES string of the molecule is COCCN1CC(C(=O)N2CCC(Oc3cccc(C)c3)CC2)CCC1=O. The average Bonchev–Trinajstić information content (AvgIpc) is 2.67. The summed E-state index contributed by atoms with van der Waals surface area (Å²) < 4.78 is 11.2. The van der Waals surface area contributed by atoms with Gasteiger partial charge in [-0.1, -0.05) is 12.1 Å². The second-order valence-electron chi connectivity index (χ2n) is 7.53. The molecule has 0 aliphatic carbocycles. The quantitative estimate of drug-likeness (QED) is 0.766. The van der Waals surface area contributed by atoms with E-state index in [0.717, 1.165) is 31.7 Å². The number of benzene rings is 1. The molecule has 1 aromatic rings. The Labute approximate surface area is 161 Å². The molecular formula is C21H30N2O4. The van der Waals surface area contributed by atoms with Crippen molar-refractivity contribution in [1.29, 1.82) is 0 Å². The van der Waals surface area contributed by atoms with Gasteiger partial charge in [0.05, 0.1) is 12.5 Å². The number of nitrogens with zero attached hydrogens (tertiary/aromatic N) is 2. The van der Waals surface area contributed by atoms with E-state index in [-0.39, 0.29) is 23.8 Å². The van der Waals surface area contributed by atoms with Gasteiger partial charge >= 0.3 is 0 Å². The predicted molar refractivity (Wildman–Crippen MR) is 103 cm³/mol. The smallest absolute Gasteiger partial charge is 0.227 e. The molecule has 2 saturated heterocycles. The summed E-state index contributed by atoms with van der Waals surface area (Å²) in [7, 11) is 1.63. The largest absolute Gasteiger partial charge is 0.490 e. The molecule has 1 aromatic carbocycles. The van der Waals surface area contributed by atoms with E-state index in [9.17, 15) is 9.59 Å². The fraction of sp³-hybridized carbons (Fsp3) is 0.619. The number of piperidine rings is 2. The van der Waals surface area contributed by atoms with Gasteiger partial charge in [-0.2, -0.15) is 0 Å². The van der Waals surface area contributed by atoms with E-state index in [2.05, 4.69) is 13.0 Å². The van der Waals surface area contributed by atoms with E-state index in [0.29, 0.717) is 32.5 Å². The number of carbonyl (C=O) groups excluding carboxylic acids is 2. The zero-order chi connectivity index (χ0) is 19.2. The molecule has 0 radical (unpaired) electrons. The molecule has 0 aromatic heterocycles. The van der Waals surface area contributed by atoms with Crippen LogP contribution in [0.2, 0.25) is 0 Å². The number of likely N-dealkylation sites (tertiary alicyclic amines) is 2. The van der Waals surface area contributed by atoms with Crippen LogP contribution in [0.4, 0.5) is 0 Å². The van der Waals surface area contributed by atoms with Gasteiger partial charge in [-0.25, -0.2) is 0 Å². The highest BCUT2D eigenvalue weighted by atomic mass is 16.5. The maximum atomic E-state index is 12.9. The van der Waals surface area contributed by atoms with Crippen LogP contribution in [0.5, 0.6) is 5.75 Å². The molecule has 0 bridgehead atoms. The highest BCUT2D eigenvalue weighted by Crippen LogP contribution is 2.24. The first-order valence-electron chi connectivity index (χ1n) is 9.85. The molecule has 2 fully saturated rings. The lowest BCUT2D eigenvalue weighted by Crippen LogP contribution is -2.50. The molecule has 2 amide bonds. The van der Waals surface area contributed by atoms with Crippen LogP contribution in [-0.2, 0) is 14.3 Å². The van der Waals surface area contributed by atoms with Crippen LogP contribution in [0.1, 0.15) is 31.2 Å². The Morgan fingerprint density at radius 3 is 2.70 bits per heavy atom. The Morgan fingerprint density at radius 1 is 1.22 bits per heavy atom. The molecular weight excluding hydrogens is 344 g/mol. The molecule has 27 heavy (non-hydrogen) atoms. The van der Waals surface area contributed by atoms with Crippen LogP contribution in [0, 0.1) is 12.8 Å². The third-order valence-corrected chi connectivity index (χ3v) is 5.46. The third-order valence-electron chi connectivity index (χ3n) is 5.46. The van der Waals surface area contributed by atoms with Gasteiger partial charge in [-0.05, 0) is 31.0 Å². The molecule has 0 spiro atoms. The van der Waals surface area contributed by atoms with Crippen LogP contribution < -0.4 is 4.74 Å². The van der Waals surface area contributed by atoms with Crippen molar-refractivity contribution in [3.8, 4) is 5.75 Å². The average molecular weight is 374 g/mol. The van der Waals surface area contributed by atoms with E-state index in [1.165, 1.54) is 5.56 Å². The molecule has 3 rings (SSSR count). The third kappa shape index (κ3) is 5.22. The second-order valence-corrected chi connectivity index (χ2v) is 7.53. The number of hydrogen-bond acceptors (Lipinski definition) is 4. The molecule has 2 heterocycles. The van der Waals surface area contributed by atoms with E-state index < -0.39 is 0 Å². The van der Waals surface area contributed by atoms with Crippen molar-refractivity contribution in [3.05, 3.63) is 29.8 Å². The molecule has 1 atom stereocenters. The summed E-state index contributed by atoms with van der Waals surface area (Å²) >= 11 is 0. The van der Waals surface area contributed by atoms with Crippen molar-refractivity contribution >= 4 is 11.8 Å². The maximum absolute atomic E-state index is 12.9. The monoisotopic (exact) mass is 374 g/mol. The molecule has 6 nitrogen and oxygen atoms in total. The standard InChI is InChI=1S/C21H30N2O4/c1-16-4-3-5-19(14-16)27-18-8-10-22(11-9-18)21(25)17-6-7-20(24)23(15-17)12-13-26-2/h3-5,14,17-18H,6-13,15H2,1-2H3. The number of ether oxygens (including phenoxy) is 2. The first-order valence-corrected chi connectivity index (χ1v) is 9.85. The summed E-state index contributed by atoms with van der Waals surface area (Å²) in [5.74, 6) is 1.12. The van der Waals surface area contributed by atoms with Gasteiger partial charge in [-0.15, -0.1) is 0 Å². The molecule has 0 saturated carbocycles. The fourth-order valence-electron chi connectivity index (χ4n) is 3.87. The minimum atomic E-state index is -0.0891. The lowest BCUT2D eigenvalue weighted by molar-refractivity contribution is -0.144. The summed E-state index contributed by atoms with van der Waals surface area (Å²) in [5, 5.41) is 0. The van der Waals surface area contributed by atoms with Gasteiger partial charge in [0.15, 0.2) is 0 Å². The first-order chi connectivity index (χ1) is 13.1. The van der Waals surface area contributed by atoms with Gasteiger partial charge < -0.3 is 19.3 Å². The second kappa shape index (κ2) is 9.22. The van der Waals surface area contributed by atoms with Gasteiger partial charge in [-0.3, -0.25) is 9.59 Å². The zero-order valence-electron chi connectivity index (χ0n) is 16.4. The Balaban J connectivity index is 1.48. The van der Waals surface area contributed by atoms with Gasteiger partial charge in [0.2, 0.25) is 11.8 Å². The number of hydrogen-bond donors (Lipinski definition) is 0. The maximum Gasteiger partial charge on any atom is 0.227 e. The molecule has 0 N–H and O–H groups in total. The van der Waals surface area contributed by atoms with Crippen LogP contribution in [0.15, 0.2) is 24.3 Å². The van der Waals surface area contributed by atoms with Crippen LogP contribution in [0.3, 0.4) is 0 Å². The summed E-state index contributed by atoms with van der Waals surface area (Å²) in [6, 6.07) is 8.09. The summed E-state index contributed by atoms with van der Waals surface area (Å²) in [6.07, 6.45) is 2.95. The van der Waals surface area contributed by atoms with E-state index >= 15 is 0 Å². The van der Waals surface area contributed by atoms with Crippen molar-refractivity contribution in [2.75, 3.05) is 39.9 Å². The number of carbonyl (C=O) groups is 2. The van der Waals surface area contributed by atoms with Crippen molar-refractivity contribution in [2.24, 2.45) is 5.92 Å². The summed E-state index contributed by atoms with van der Waals surface area (Å²) in [5.41, 5.74) is 1.19. The van der Waals surface area contributed by atoms with Crippen molar-refractivity contribution in [2.45, 2.75) is 38.7 Å². The molecule has 2 aliphatic heterocycles. The van der Waals surface area contributed by atoms with Crippen LogP contribution >= 0.6 is 0 Å². The lowest BCUT2D eigenvalue weighted by Gasteiger charge is -2.37. The molecule has 2 aliphatic rings. The Hall–Kier alpha value is -2.08. The molecule has 1 unspecified atom stereocenters. The predicted octanol–water partition coefficient (Wildman–Crippen LogP) is 2.25.